The fourth-order valence-electron chi connectivity index (χ4n) is 3.42. The van der Waals surface area contributed by atoms with Crippen LogP contribution in [-0.4, -0.2) is 65.5 Å². The first-order valence-corrected chi connectivity index (χ1v) is 11.5. The SMILES string of the molecule is Cc1c(C(=O)NCCCN(C)C)sc2ncnc(Nc3cccnc3OCC3CC3(F)F)c12. The van der Waals surface area contributed by atoms with Crippen molar-refractivity contribution in [1.29, 1.82) is 0 Å². The van der Waals surface area contributed by atoms with E-state index in [-0.39, 0.29) is 24.8 Å². The molecule has 176 valence electrons. The molecule has 3 aromatic rings. The highest BCUT2D eigenvalue weighted by Gasteiger charge is 2.57. The Kier molecular flexibility index (Phi) is 6.71. The summed E-state index contributed by atoms with van der Waals surface area (Å²) in [5, 5.41) is 6.87. The van der Waals surface area contributed by atoms with E-state index in [1.54, 1.807) is 12.1 Å². The maximum absolute atomic E-state index is 13.2. The Morgan fingerprint density at radius 2 is 2.12 bits per heavy atom. The standard InChI is InChI=1S/C22H26F2N6O2S/c1-13-16-18(29-15-6-4-7-26-20(15)32-11-14-10-22(14,23)24)27-12-28-21(16)33-17(13)19(31)25-8-5-9-30(2)3/h4,6-7,12,14H,5,8-11H2,1-3H3,(H,25,31)(H,27,28,29). The van der Waals surface area contributed by atoms with Gasteiger partial charge in [-0.1, -0.05) is 0 Å². The molecule has 0 radical (unpaired) electrons. The number of nitrogens with zero attached hydrogens (tertiary/aromatic N) is 4. The lowest BCUT2D eigenvalue weighted by atomic mass is 10.2. The number of carbonyl (C=O) groups is 1. The summed E-state index contributed by atoms with van der Waals surface area (Å²) in [6.07, 6.45) is 3.64. The first kappa shape index (κ1) is 23.2. The van der Waals surface area contributed by atoms with Gasteiger partial charge in [0.25, 0.3) is 11.8 Å². The molecule has 1 atom stereocenters. The van der Waals surface area contributed by atoms with Gasteiger partial charge < -0.3 is 20.3 Å². The molecule has 1 aliphatic carbocycles. The highest BCUT2D eigenvalue weighted by atomic mass is 32.1. The number of ether oxygens (including phenoxy) is 1. The third-order valence-corrected chi connectivity index (χ3v) is 6.60. The lowest BCUT2D eigenvalue weighted by Crippen LogP contribution is -2.26. The number of nitrogens with one attached hydrogen (secondary N) is 2. The summed E-state index contributed by atoms with van der Waals surface area (Å²) in [7, 11) is 3.98. The van der Waals surface area contributed by atoms with E-state index in [1.807, 2.05) is 21.0 Å². The predicted molar refractivity (Wildman–Crippen MR) is 124 cm³/mol. The first-order chi connectivity index (χ1) is 15.8. The topological polar surface area (TPSA) is 92.3 Å². The average molecular weight is 477 g/mol. The zero-order valence-electron chi connectivity index (χ0n) is 18.7. The molecular formula is C22H26F2N6O2S. The second kappa shape index (κ2) is 9.52. The van der Waals surface area contributed by atoms with Crippen molar-refractivity contribution in [3.8, 4) is 5.88 Å². The fourth-order valence-corrected chi connectivity index (χ4v) is 4.48. The molecule has 4 rings (SSSR count). The third kappa shape index (κ3) is 5.36. The van der Waals surface area contributed by atoms with Crippen LogP contribution in [0.4, 0.5) is 20.3 Å². The molecule has 1 saturated carbocycles. The molecule has 1 amide bonds. The van der Waals surface area contributed by atoms with Crippen LogP contribution in [0.2, 0.25) is 0 Å². The van der Waals surface area contributed by atoms with Gasteiger partial charge in [0.2, 0.25) is 5.88 Å². The lowest BCUT2D eigenvalue weighted by Gasteiger charge is -2.12. The first-order valence-electron chi connectivity index (χ1n) is 10.7. The van der Waals surface area contributed by atoms with Gasteiger partial charge in [-0.05, 0) is 51.7 Å². The van der Waals surface area contributed by atoms with Crippen molar-refractivity contribution >= 4 is 39.0 Å². The number of hydrogen-bond donors (Lipinski definition) is 2. The minimum absolute atomic E-state index is 0.104. The number of pyridine rings is 1. The van der Waals surface area contributed by atoms with Crippen molar-refractivity contribution in [3.05, 3.63) is 35.1 Å². The van der Waals surface area contributed by atoms with E-state index < -0.39 is 11.8 Å². The summed E-state index contributed by atoms with van der Waals surface area (Å²) >= 11 is 1.30. The minimum atomic E-state index is -2.65. The lowest BCUT2D eigenvalue weighted by molar-refractivity contribution is 0.0850. The number of halogens is 2. The molecule has 1 aliphatic rings. The number of hydrogen-bond acceptors (Lipinski definition) is 8. The number of aryl methyl sites for hydroxylation is 1. The quantitative estimate of drug-likeness (QED) is 0.430. The number of fused-ring (bicyclic) bond motifs is 1. The van der Waals surface area contributed by atoms with Crippen molar-refractivity contribution in [2.45, 2.75) is 25.7 Å². The van der Waals surface area contributed by atoms with E-state index in [2.05, 4.69) is 30.5 Å². The smallest absolute Gasteiger partial charge is 0.261 e. The van der Waals surface area contributed by atoms with Crippen LogP contribution in [0.3, 0.4) is 0 Å². The Labute approximate surface area is 194 Å². The molecular weight excluding hydrogens is 450 g/mol. The molecule has 33 heavy (non-hydrogen) atoms. The Balaban J connectivity index is 1.52. The van der Waals surface area contributed by atoms with E-state index in [0.29, 0.717) is 27.8 Å². The van der Waals surface area contributed by atoms with Crippen LogP contribution in [0.15, 0.2) is 24.7 Å². The van der Waals surface area contributed by atoms with Gasteiger partial charge in [0.15, 0.2) is 0 Å². The highest BCUT2D eigenvalue weighted by molar-refractivity contribution is 7.20. The number of anilines is 2. The summed E-state index contributed by atoms with van der Waals surface area (Å²) in [5.74, 6) is -2.86. The van der Waals surface area contributed by atoms with Crippen LogP contribution in [0, 0.1) is 12.8 Å². The highest BCUT2D eigenvalue weighted by Crippen LogP contribution is 2.48. The molecule has 3 heterocycles. The number of alkyl halides is 2. The van der Waals surface area contributed by atoms with Gasteiger partial charge >= 0.3 is 0 Å². The van der Waals surface area contributed by atoms with Crippen LogP contribution in [-0.2, 0) is 0 Å². The maximum Gasteiger partial charge on any atom is 0.261 e. The van der Waals surface area contributed by atoms with Gasteiger partial charge in [-0.15, -0.1) is 11.3 Å². The number of amides is 1. The van der Waals surface area contributed by atoms with Gasteiger partial charge in [-0.25, -0.2) is 23.7 Å². The summed E-state index contributed by atoms with van der Waals surface area (Å²) in [5.41, 5.74) is 1.27. The second-order valence-electron chi connectivity index (χ2n) is 8.33. The maximum atomic E-state index is 13.2. The normalized spacial score (nSPS) is 16.7. The second-order valence-corrected chi connectivity index (χ2v) is 9.32. The Hall–Kier alpha value is -2.92. The number of carbonyl (C=O) groups excluding carboxylic acids is 1. The third-order valence-electron chi connectivity index (χ3n) is 5.40. The molecule has 0 bridgehead atoms. The Bertz CT molecular complexity index is 1150. The molecule has 0 aromatic carbocycles. The van der Waals surface area contributed by atoms with Crippen LogP contribution in [0.5, 0.6) is 5.88 Å². The van der Waals surface area contributed by atoms with Crippen LogP contribution in [0.25, 0.3) is 10.2 Å². The number of rotatable bonds is 10. The van der Waals surface area contributed by atoms with Crippen molar-refractivity contribution in [2.75, 3.05) is 39.1 Å². The molecule has 1 fully saturated rings. The number of aromatic nitrogens is 3. The van der Waals surface area contributed by atoms with Crippen molar-refractivity contribution in [2.24, 2.45) is 5.92 Å². The van der Waals surface area contributed by atoms with Crippen molar-refractivity contribution in [3.63, 3.8) is 0 Å². The molecule has 0 spiro atoms. The summed E-state index contributed by atoms with van der Waals surface area (Å²) in [6, 6.07) is 3.45. The van der Waals surface area contributed by atoms with Gasteiger partial charge in [-0.2, -0.15) is 0 Å². The van der Waals surface area contributed by atoms with Crippen LogP contribution < -0.4 is 15.4 Å². The monoisotopic (exact) mass is 476 g/mol. The zero-order chi connectivity index (χ0) is 23.6. The van der Waals surface area contributed by atoms with Crippen molar-refractivity contribution in [1.82, 2.24) is 25.2 Å². The van der Waals surface area contributed by atoms with Gasteiger partial charge in [0, 0.05) is 19.2 Å². The van der Waals surface area contributed by atoms with Gasteiger partial charge in [0.1, 0.15) is 22.7 Å². The Morgan fingerprint density at radius 1 is 1.33 bits per heavy atom. The molecule has 11 heteroatoms. The molecule has 0 saturated heterocycles. The molecule has 1 unspecified atom stereocenters. The van der Waals surface area contributed by atoms with E-state index >= 15 is 0 Å². The van der Waals surface area contributed by atoms with E-state index in [0.717, 1.165) is 23.9 Å². The largest absolute Gasteiger partial charge is 0.476 e. The van der Waals surface area contributed by atoms with E-state index in [1.165, 1.54) is 23.9 Å². The number of thiophene rings is 1. The summed E-state index contributed by atoms with van der Waals surface area (Å²) in [6.45, 7) is 3.22. The van der Waals surface area contributed by atoms with Crippen LogP contribution in [0.1, 0.15) is 28.1 Å². The van der Waals surface area contributed by atoms with Gasteiger partial charge in [-0.3, -0.25) is 4.79 Å². The van der Waals surface area contributed by atoms with Crippen LogP contribution >= 0.6 is 11.3 Å². The average Bonchev–Trinajstić information content (AvgIpc) is 3.24. The Morgan fingerprint density at radius 3 is 2.85 bits per heavy atom. The summed E-state index contributed by atoms with van der Waals surface area (Å²) < 4.78 is 32.0. The zero-order valence-corrected chi connectivity index (χ0v) is 19.5. The predicted octanol–water partition coefficient (Wildman–Crippen LogP) is 3.85. The van der Waals surface area contributed by atoms with E-state index in [9.17, 15) is 13.6 Å². The summed E-state index contributed by atoms with van der Waals surface area (Å²) in [4.78, 5) is 28.9. The van der Waals surface area contributed by atoms with Crippen molar-refractivity contribution < 1.29 is 18.3 Å². The fraction of sp³-hybridized carbons (Fsp3) is 0.455. The molecule has 2 N–H and O–H groups in total. The molecule has 8 nitrogen and oxygen atoms in total. The minimum Gasteiger partial charge on any atom is -0.476 e. The molecule has 3 aromatic heterocycles. The van der Waals surface area contributed by atoms with E-state index in [4.69, 9.17) is 4.74 Å². The molecule has 0 aliphatic heterocycles. The van der Waals surface area contributed by atoms with Gasteiger partial charge in [0.05, 0.1) is 22.8 Å².